The quantitative estimate of drug-likeness (QED) is 0.626. The lowest BCUT2D eigenvalue weighted by Crippen LogP contribution is -2.38. The molecule has 2 N–H and O–H groups in total. The second-order valence-corrected chi connectivity index (χ2v) is 3.38. The first kappa shape index (κ1) is 10.5. The highest BCUT2D eigenvalue weighted by Gasteiger charge is 2.32. The van der Waals surface area contributed by atoms with Gasteiger partial charge >= 0.3 is 0 Å². The van der Waals surface area contributed by atoms with Gasteiger partial charge in [-0.1, -0.05) is 0 Å². The molecule has 0 aromatic carbocycles. The van der Waals surface area contributed by atoms with Crippen LogP contribution in [0.4, 0.5) is 0 Å². The van der Waals surface area contributed by atoms with Crippen molar-refractivity contribution in [3.05, 3.63) is 0 Å². The van der Waals surface area contributed by atoms with Gasteiger partial charge in [-0.2, -0.15) is 0 Å². The van der Waals surface area contributed by atoms with Gasteiger partial charge < -0.3 is 15.4 Å². The molecule has 1 amide bonds. The molecule has 0 aliphatic heterocycles. The summed E-state index contributed by atoms with van der Waals surface area (Å²) in [6.45, 7) is 2.45. The van der Waals surface area contributed by atoms with E-state index in [1.807, 2.05) is 0 Å². The van der Waals surface area contributed by atoms with Crippen LogP contribution in [0.25, 0.3) is 0 Å². The van der Waals surface area contributed by atoms with E-state index in [1.54, 1.807) is 12.0 Å². The Bertz CT molecular complexity index is 169. The van der Waals surface area contributed by atoms with Crippen LogP contribution < -0.4 is 5.73 Å². The van der Waals surface area contributed by atoms with Crippen LogP contribution in [-0.2, 0) is 9.53 Å². The molecule has 0 saturated heterocycles. The number of nitrogens with two attached hydrogens (primary N) is 1. The van der Waals surface area contributed by atoms with Crippen molar-refractivity contribution in [2.45, 2.75) is 12.8 Å². The topological polar surface area (TPSA) is 55.6 Å². The molecule has 1 rings (SSSR count). The van der Waals surface area contributed by atoms with Crippen molar-refractivity contribution in [2.75, 3.05) is 33.4 Å². The number of carbonyl (C=O) groups is 1. The number of amides is 1. The minimum absolute atomic E-state index is 0.252. The first-order valence-electron chi connectivity index (χ1n) is 4.77. The summed E-state index contributed by atoms with van der Waals surface area (Å²) in [6.07, 6.45) is 2.10. The molecule has 0 aromatic heterocycles. The molecule has 1 aliphatic rings. The Hall–Kier alpha value is -0.610. The number of carbonyl (C=O) groups excluding carboxylic acids is 1. The molecule has 0 bridgehead atoms. The van der Waals surface area contributed by atoms with Crippen LogP contribution in [0.3, 0.4) is 0 Å². The van der Waals surface area contributed by atoms with E-state index in [9.17, 15) is 4.79 Å². The van der Waals surface area contributed by atoms with E-state index >= 15 is 0 Å². The summed E-state index contributed by atoms with van der Waals surface area (Å²) < 4.78 is 4.93. The zero-order valence-electron chi connectivity index (χ0n) is 8.16. The molecule has 13 heavy (non-hydrogen) atoms. The fraction of sp³-hybridized carbons (Fsp3) is 0.889. The molecule has 0 spiro atoms. The van der Waals surface area contributed by atoms with Gasteiger partial charge in [-0.25, -0.2) is 0 Å². The van der Waals surface area contributed by atoms with E-state index in [4.69, 9.17) is 10.5 Å². The molecular weight excluding hydrogens is 168 g/mol. The molecular formula is C9H18N2O2. The lowest BCUT2D eigenvalue weighted by atomic mass is 10.3. The van der Waals surface area contributed by atoms with Crippen molar-refractivity contribution < 1.29 is 9.53 Å². The van der Waals surface area contributed by atoms with Crippen LogP contribution in [0.2, 0.25) is 0 Å². The molecule has 1 aliphatic carbocycles. The first-order valence-corrected chi connectivity index (χ1v) is 4.77. The third-order valence-corrected chi connectivity index (χ3v) is 2.20. The van der Waals surface area contributed by atoms with Gasteiger partial charge in [0.2, 0.25) is 5.91 Å². The van der Waals surface area contributed by atoms with Gasteiger partial charge in [0.25, 0.3) is 0 Å². The second-order valence-electron chi connectivity index (χ2n) is 3.38. The molecule has 1 fully saturated rings. The number of hydrogen-bond acceptors (Lipinski definition) is 3. The first-order chi connectivity index (χ1) is 6.29. The molecule has 0 aromatic rings. The normalized spacial score (nSPS) is 15.8. The van der Waals surface area contributed by atoms with Crippen molar-refractivity contribution in [1.82, 2.24) is 4.90 Å². The number of rotatable bonds is 6. The van der Waals surface area contributed by atoms with E-state index in [1.165, 1.54) is 0 Å². The molecule has 0 heterocycles. The number of hydrogen-bond donors (Lipinski definition) is 1. The van der Waals surface area contributed by atoms with Crippen LogP contribution in [-0.4, -0.2) is 44.2 Å². The average molecular weight is 186 g/mol. The zero-order chi connectivity index (χ0) is 9.68. The minimum Gasteiger partial charge on any atom is -0.383 e. The van der Waals surface area contributed by atoms with Crippen LogP contribution in [0.5, 0.6) is 0 Å². The summed E-state index contributed by atoms with van der Waals surface area (Å²) in [7, 11) is 1.64. The van der Waals surface area contributed by atoms with Crippen LogP contribution in [0, 0.1) is 5.92 Å². The molecule has 0 unspecified atom stereocenters. The minimum atomic E-state index is 0.252. The van der Waals surface area contributed by atoms with Gasteiger partial charge in [-0.05, 0) is 12.8 Å². The monoisotopic (exact) mass is 186 g/mol. The van der Waals surface area contributed by atoms with Gasteiger partial charge in [-0.15, -0.1) is 0 Å². The fourth-order valence-electron chi connectivity index (χ4n) is 1.28. The highest BCUT2D eigenvalue weighted by atomic mass is 16.5. The third-order valence-electron chi connectivity index (χ3n) is 2.20. The summed E-state index contributed by atoms with van der Waals surface area (Å²) >= 11 is 0. The predicted octanol–water partition coefficient (Wildman–Crippen LogP) is -0.170. The van der Waals surface area contributed by atoms with Gasteiger partial charge in [-0.3, -0.25) is 4.79 Å². The third kappa shape index (κ3) is 3.32. The van der Waals surface area contributed by atoms with Gasteiger partial charge in [0.15, 0.2) is 0 Å². The van der Waals surface area contributed by atoms with E-state index in [0.29, 0.717) is 26.2 Å². The highest BCUT2D eigenvalue weighted by molar-refractivity contribution is 5.81. The Morgan fingerprint density at radius 2 is 2.23 bits per heavy atom. The maximum atomic E-state index is 11.6. The summed E-state index contributed by atoms with van der Waals surface area (Å²) in [6, 6.07) is 0. The van der Waals surface area contributed by atoms with Crippen molar-refractivity contribution >= 4 is 5.91 Å². The summed E-state index contributed by atoms with van der Waals surface area (Å²) in [5, 5.41) is 0. The standard InChI is InChI=1S/C9H18N2O2/c1-13-7-6-11(5-4-10)9(12)8-2-3-8/h8H,2-7,10H2,1H3. The molecule has 76 valence electrons. The molecule has 1 saturated carbocycles. The Labute approximate surface area is 79.0 Å². The summed E-state index contributed by atoms with van der Waals surface area (Å²) in [5.74, 6) is 0.533. The van der Waals surface area contributed by atoms with Gasteiger partial charge in [0, 0.05) is 32.7 Å². The number of nitrogens with zero attached hydrogens (tertiary/aromatic N) is 1. The largest absolute Gasteiger partial charge is 0.383 e. The zero-order valence-corrected chi connectivity index (χ0v) is 8.16. The number of ether oxygens (including phenoxy) is 1. The Morgan fingerprint density at radius 1 is 1.54 bits per heavy atom. The maximum Gasteiger partial charge on any atom is 0.225 e. The maximum absolute atomic E-state index is 11.6. The van der Waals surface area contributed by atoms with E-state index < -0.39 is 0 Å². The smallest absolute Gasteiger partial charge is 0.225 e. The van der Waals surface area contributed by atoms with Crippen molar-refractivity contribution in [3.63, 3.8) is 0 Å². The lowest BCUT2D eigenvalue weighted by Gasteiger charge is -2.21. The van der Waals surface area contributed by atoms with Crippen molar-refractivity contribution in [3.8, 4) is 0 Å². The molecule has 0 radical (unpaired) electrons. The predicted molar refractivity (Wildman–Crippen MR) is 50.2 cm³/mol. The Balaban J connectivity index is 2.30. The van der Waals surface area contributed by atoms with E-state index in [-0.39, 0.29) is 11.8 Å². The summed E-state index contributed by atoms with van der Waals surface area (Å²) in [4.78, 5) is 13.4. The highest BCUT2D eigenvalue weighted by Crippen LogP contribution is 2.30. The molecule has 0 atom stereocenters. The van der Waals surface area contributed by atoms with Gasteiger partial charge in [0.05, 0.1) is 6.61 Å². The van der Waals surface area contributed by atoms with Crippen LogP contribution in [0.1, 0.15) is 12.8 Å². The number of methoxy groups -OCH3 is 1. The molecule has 4 heteroatoms. The fourth-order valence-corrected chi connectivity index (χ4v) is 1.28. The lowest BCUT2D eigenvalue weighted by molar-refractivity contribution is -0.133. The van der Waals surface area contributed by atoms with Crippen molar-refractivity contribution in [1.29, 1.82) is 0 Å². The van der Waals surface area contributed by atoms with Crippen molar-refractivity contribution in [2.24, 2.45) is 11.7 Å². The van der Waals surface area contributed by atoms with Gasteiger partial charge in [0.1, 0.15) is 0 Å². The summed E-state index contributed by atoms with van der Waals surface area (Å²) in [5.41, 5.74) is 5.42. The van der Waals surface area contributed by atoms with E-state index in [0.717, 1.165) is 12.8 Å². The molecule has 4 nitrogen and oxygen atoms in total. The Kier molecular flexibility index (Phi) is 4.18. The second kappa shape index (κ2) is 5.19. The Morgan fingerprint density at radius 3 is 2.69 bits per heavy atom. The SMILES string of the molecule is COCCN(CCN)C(=O)C1CC1. The van der Waals surface area contributed by atoms with E-state index in [2.05, 4.69) is 0 Å². The van der Waals surface area contributed by atoms with Crippen LogP contribution in [0.15, 0.2) is 0 Å². The average Bonchev–Trinajstić information content (AvgIpc) is 2.94. The van der Waals surface area contributed by atoms with Crippen LogP contribution >= 0.6 is 0 Å².